The van der Waals surface area contributed by atoms with E-state index in [0.717, 1.165) is 11.1 Å². The van der Waals surface area contributed by atoms with Gasteiger partial charge in [-0.2, -0.15) is 0 Å². The molecule has 1 aromatic heterocycles. The summed E-state index contributed by atoms with van der Waals surface area (Å²) in [6.45, 7) is 1.39. The number of aliphatic hydroxyl groups is 1. The highest BCUT2D eigenvalue weighted by Gasteiger charge is 2.18. The molecule has 0 aliphatic rings. The minimum Gasteiger partial charge on any atom is -0.493 e. The van der Waals surface area contributed by atoms with Crippen LogP contribution >= 0.6 is 0 Å². The summed E-state index contributed by atoms with van der Waals surface area (Å²) in [4.78, 5) is 27.5. The van der Waals surface area contributed by atoms with Gasteiger partial charge >= 0.3 is 0 Å². The van der Waals surface area contributed by atoms with Crippen LogP contribution in [0.3, 0.4) is 0 Å². The lowest BCUT2D eigenvalue weighted by molar-refractivity contribution is -0.119. The summed E-state index contributed by atoms with van der Waals surface area (Å²) in [6, 6.07) is 8.64. The summed E-state index contributed by atoms with van der Waals surface area (Å²) in [5.74, 6) is -0.696. The summed E-state index contributed by atoms with van der Waals surface area (Å²) in [5, 5.41) is 13.3. The van der Waals surface area contributed by atoms with Crippen molar-refractivity contribution in [3.05, 3.63) is 53.2 Å². The van der Waals surface area contributed by atoms with Crippen molar-refractivity contribution in [2.45, 2.75) is 13.5 Å². The summed E-state index contributed by atoms with van der Waals surface area (Å²) < 4.78 is 10.8. The number of primary amides is 2. The SMILES string of the molecule is COc1cc2ncc(C(N)=O)c(Nc3cccc(CO)c3C)c2cc1OCC(N)=O. The number of hydrogen-bond acceptors (Lipinski definition) is 7. The summed E-state index contributed by atoms with van der Waals surface area (Å²) >= 11 is 0. The van der Waals surface area contributed by atoms with Crippen LogP contribution < -0.4 is 26.3 Å². The minimum atomic E-state index is -0.668. The van der Waals surface area contributed by atoms with Gasteiger partial charge in [-0.1, -0.05) is 12.1 Å². The van der Waals surface area contributed by atoms with Crippen molar-refractivity contribution in [2.75, 3.05) is 19.0 Å². The Morgan fingerprint density at radius 3 is 2.60 bits per heavy atom. The number of carbonyl (C=O) groups excluding carboxylic acids is 2. The third kappa shape index (κ3) is 4.11. The molecule has 0 bridgehead atoms. The normalized spacial score (nSPS) is 10.6. The standard InChI is InChI=1S/C21H22N4O5/c1-11-12(9-26)4-3-5-15(11)25-20-13-6-18(30-10-19(22)27)17(29-2)7-16(13)24-8-14(20)21(23)28/h3-8,26H,9-10H2,1-2H3,(H2,22,27)(H2,23,28)(H,24,25). The lowest BCUT2D eigenvalue weighted by Gasteiger charge is -2.18. The fourth-order valence-electron chi connectivity index (χ4n) is 3.07. The molecule has 6 N–H and O–H groups in total. The fraction of sp³-hybridized carbons (Fsp3) is 0.190. The molecule has 2 amide bonds. The van der Waals surface area contributed by atoms with Gasteiger partial charge in [0.2, 0.25) is 0 Å². The van der Waals surface area contributed by atoms with Crippen molar-refractivity contribution < 1.29 is 24.2 Å². The van der Waals surface area contributed by atoms with Crippen LogP contribution in [0.4, 0.5) is 11.4 Å². The van der Waals surface area contributed by atoms with Gasteiger partial charge in [0.05, 0.1) is 30.5 Å². The van der Waals surface area contributed by atoms with Gasteiger partial charge in [0, 0.05) is 23.3 Å². The van der Waals surface area contributed by atoms with Crippen LogP contribution in [0.25, 0.3) is 10.9 Å². The van der Waals surface area contributed by atoms with Gasteiger partial charge in [0.1, 0.15) is 0 Å². The number of amides is 2. The van der Waals surface area contributed by atoms with E-state index in [0.29, 0.717) is 28.0 Å². The molecule has 1 heterocycles. The Labute approximate surface area is 172 Å². The molecule has 0 fully saturated rings. The first-order valence-corrected chi connectivity index (χ1v) is 9.03. The zero-order valence-electron chi connectivity index (χ0n) is 16.6. The molecule has 0 saturated carbocycles. The number of benzene rings is 2. The maximum atomic E-state index is 12.1. The molecular formula is C21H22N4O5. The van der Waals surface area contributed by atoms with Crippen LogP contribution in [0.5, 0.6) is 11.5 Å². The van der Waals surface area contributed by atoms with Crippen LogP contribution in [0.2, 0.25) is 0 Å². The minimum absolute atomic E-state index is 0.122. The highest BCUT2D eigenvalue weighted by Crippen LogP contribution is 2.37. The summed E-state index contributed by atoms with van der Waals surface area (Å²) in [6.07, 6.45) is 1.38. The Bertz CT molecular complexity index is 1130. The smallest absolute Gasteiger partial charge is 0.255 e. The van der Waals surface area contributed by atoms with E-state index in [-0.39, 0.29) is 24.5 Å². The quantitative estimate of drug-likeness (QED) is 0.442. The fourth-order valence-corrected chi connectivity index (χ4v) is 3.07. The number of hydrogen-bond donors (Lipinski definition) is 4. The number of aromatic nitrogens is 1. The van der Waals surface area contributed by atoms with Crippen LogP contribution in [0, 0.1) is 6.92 Å². The number of pyridine rings is 1. The molecule has 0 spiro atoms. The predicted molar refractivity (Wildman–Crippen MR) is 112 cm³/mol. The van der Waals surface area contributed by atoms with Crippen molar-refractivity contribution in [2.24, 2.45) is 11.5 Å². The van der Waals surface area contributed by atoms with E-state index in [9.17, 15) is 14.7 Å². The molecule has 0 radical (unpaired) electrons. The maximum absolute atomic E-state index is 12.1. The average Bonchev–Trinajstić information content (AvgIpc) is 2.72. The van der Waals surface area contributed by atoms with Gasteiger partial charge in [-0.25, -0.2) is 0 Å². The lowest BCUT2D eigenvalue weighted by atomic mass is 10.0. The number of carbonyl (C=O) groups is 2. The van der Waals surface area contributed by atoms with E-state index in [1.807, 2.05) is 13.0 Å². The second-order valence-corrected chi connectivity index (χ2v) is 6.56. The molecule has 0 atom stereocenters. The second kappa shape index (κ2) is 8.66. The number of nitrogens with one attached hydrogen (secondary N) is 1. The van der Waals surface area contributed by atoms with E-state index in [1.54, 1.807) is 24.3 Å². The number of rotatable bonds is 8. The van der Waals surface area contributed by atoms with Gasteiger partial charge in [0.25, 0.3) is 11.8 Å². The molecule has 3 rings (SSSR count). The Morgan fingerprint density at radius 1 is 1.20 bits per heavy atom. The number of ether oxygens (including phenoxy) is 2. The number of fused-ring (bicyclic) bond motifs is 1. The van der Waals surface area contributed by atoms with E-state index < -0.39 is 11.8 Å². The molecule has 3 aromatic rings. The zero-order chi connectivity index (χ0) is 21.8. The molecule has 0 unspecified atom stereocenters. The zero-order valence-corrected chi connectivity index (χ0v) is 16.6. The van der Waals surface area contributed by atoms with Gasteiger partial charge in [0.15, 0.2) is 18.1 Å². The first kappa shape index (κ1) is 20.9. The van der Waals surface area contributed by atoms with E-state index in [2.05, 4.69) is 10.3 Å². The molecule has 156 valence electrons. The first-order chi connectivity index (χ1) is 14.3. The average molecular weight is 410 g/mol. The molecule has 30 heavy (non-hydrogen) atoms. The van der Waals surface area contributed by atoms with Gasteiger partial charge in [-0.05, 0) is 30.2 Å². The number of anilines is 2. The van der Waals surface area contributed by atoms with Crippen molar-refractivity contribution in [3.63, 3.8) is 0 Å². The van der Waals surface area contributed by atoms with E-state index in [4.69, 9.17) is 20.9 Å². The van der Waals surface area contributed by atoms with Crippen molar-refractivity contribution >= 4 is 34.1 Å². The highest BCUT2D eigenvalue weighted by atomic mass is 16.5. The van der Waals surface area contributed by atoms with Gasteiger partial charge in [-0.15, -0.1) is 0 Å². The van der Waals surface area contributed by atoms with Crippen molar-refractivity contribution in [1.82, 2.24) is 4.98 Å². The Hall–Kier alpha value is -3.85. The maximum Gasteiger partial charge on any atom is 0.255 e. The third-order valence-electron chi connectivity index (χ3n) is 4.66. The Kier molecular flexibility index (Phi) is 6.03. The Morgan fingerprint density at radius 2 is 1.97 bits per heavy atom. The van der Waals surface area contributed by atoms with E-state index in [1.165, 1.54) is 13.3 Å². The number of aliphatic hydroxyl groups excluding tert-OH is 1. The molecule has 0 aliphatic carbocycles. The molecular weight excluding hydrogens is 388 g/mol. The highest BCUT2D eigenvalue weighted by molar-refractivity contribution is 6.08. The largest absolute Gasteiger partial charge is 0.493 e. The third-order valence-corrected chi connectivity index (χ3v) is 4.66. The summed E-state index contributed by atoms with van der Waals surface area (Å²) in [7, 11) is 1.46. The van der Waals surface area contributed by atoms with Crippen LogP contribution in [0.15, 0.2) is 36.5 Å². The lowest BCUT2D eigenvalue weighted by Crippen LogP contribution is -2.20. The van der Waals surface area contributed by atoms with Crippen molar-refractivity contribution in [3.8, 4) is 11.5 Å². The molecule has 2 aromatic carbocycles. The topological polar surface area (TPSA) is 150 Å². The molecule has 0 aliphatic heterocycles. The monoisotopic (exact) mass is 410 g/mol. The number of nitrogens with two attached hydrogens (primary N) is 2. The van der Waals surface area contributed by atoms with Crippen molar-refractivity contribution in [1.29, 1.82) is 0 Å². The molecule has 9 heteroatoms. The van der Waals surface area contributed by atoms with Gasteiger partial charge in [-0.3, -0.25) is 14.6 Å². The molecule has 0 saturated heterocycles. The van der Waals surface area contributed by atoms with E-state index >= 15 is 0 Å². The van der Waals surface area contributed by atoms with Crippen LogP contribution in [-0.2, 0) is 11.4 Å². The predicted octanol–water partition coefficient (Wildman–Crippen LogP) is 1.75. The van der Waals surface area contributed by atoms with Crippen LogP contribution in [-0.4, -0.2) is 35.6 Å². The first-order valence-electron chi connectivity index (χ1n) is 9.03. The Balaban J connectivity index is 2.21. The van der Waals surface area contributed by atoms with Gasteiger partial charge < -0.3 is 31.4 Å². The number of methoxy groups -OCH3 is 1. The summed E-state index contributed by atoms with van der Waals surface area (Å²) in [5.41, 5.74) is 14.1. The van der Waals surface area contributed by atoms with Crippen LogP contribution in [0.1, 0.15) is 21.5 Å². The second-order valence-electron chi connectivity index (χ2n) is 6.56. The number of nitrogens with zero attached hydrogens (tertiary/aromatic N) is 1. The molecule has 9 nitrogen and oxygen atoms in total.